The molecule has 1 aliphatic rings. The molecule has 2 nitrogen and oxygen atoms in total. The number of rotatable bonds is 4. The minimum Gasteiger partial charge on any atom is -0.371 e. The van der Waals surface area contributed by atoms with E-state index in [1.807, 2.05) is 12.1 Å². The monoisotopic (exact) mass is 284 g/mol. The van der Waals surface area contributed by atoms with Crippen LogP contribution in [0.2, 0.25) is 0 Å². The highest BCUT2D eigenvalue weighted by Gasteiger charge is 2.21. The van der Waals surface area contributed by atoms with E-state index >= 15 is 0 Å². The molecular formula is C18H21FN2. The fourth-order valence-electron chi connectivity index (χ4n) is 3.08. The van der Waals surface area contributed by atoms with Gasteiger partial charge in [-0.25, -0.2) is 4.39 Å². The number of benzene rings is 2. The van der Waals surface area contributed by atoms with Crippen LogP contribution in [0.4, 0.5) is 10.1 Å². The van der Waals surface area contributed by atoms with Gasteiger partial charge in [-0.15, -0.1) is 0 Å². The lowest BCUT2D eigenvalue weighted by molar-refractivity contribution is 0.533. The van der Waals surface area contributed by atoms with Crippen LogP contribution in [0, 0.1) is 5.82 Å². The molecule has 0 spiro atoms. The Kier molecular flexibility index (Phi) is 4.20. The Labute approximate surface area is 125 Å². The van der Waals surface area contributed by atoms with E-state index in [0.717, 1.165) is 31.9 Å². The smallest absolute Gasteiger partial charge is 0.123 e. The van der Waals surface area contributed by atoms with Crippen molar-refractivity contribution in [3.8, 4) is 0 Å². The second-order valence-electron chi connectivity index (χ2n) is 5.54. The molecule has 0 amide bonds. The van der Waals surface area contributed by atoms with E-state index in [0.29, 0.717) is 5.92 Å². The Morgan fingerprint density at radius 1 is 1.14 bits per heavy atom. The number of anilines is 1. The first-order valence-electron chi connectivity index (χ1n) is 7.57. The van der Waals surface area contributed by atoms with Crippen molar-refractivity contribution in [1.29, 1.82) is 0 Å². The Morgan fingerprint density at radius 2 is 1.90 bits per heavy atom. The lowest BCUT2D eigenvalue weighted by Gasteiger charge is -2.32. The van der Waals surface area contributed by atoms with Crippen LogP contribution in [0.15, 0.2) is 48.5 Å². The van der Waals surface area contributed by atoms with Gasteiger partial charge in [0.2, 0.25) is 0 Å². The molecule has 1 atom stereocenters. The Morgan fingerprint density at radius 3 is 2.67 bits per heavy atom. The first-order valence-corrected chi connectivity index (χ1v) is 7.57. The van der Waals surface area contributed by atoms with Crippen LogP contribution in [-0.2, 0) is 6.54 Å². The molecule has 2 aromatic rings. The summed E-state index contributed by atoms with van der Waals surface area (Å²) >= 11 is 0. The molecule has 110 valence electrons. The molecule has 0 bridgehead atoms. The highest BCUT2D eigenvalue weighted by atomic mass is 19.1. The number of nitrogens with zero attached hydrogens (tertiary/aromatic N) is 1. The molecule has 0 saturated carbocycles. The van der Waals surface area contributed by atoms with E-state index in [-0.39, 0.29) is 5.82 Å². The number of halogens is 1. The average Bonchev–Trinajstić information content (AvgIpc) is 2.54. The van der Waals surface area contributed by atoms with Gasteiger partial charge in [-0.05, 0) is 42.3 Å². The fraction of sp³-hybridized carbons (Fsp3) is 0.333. The Balaban J connectivity index is 1.80. The summed E-state index contributed by atoms with van der Waals surface area (Å²) in [4.78, 5) is 2.31. The van der Waals surface area contributed by atoms with Gasteiger partial charge < -0.3 is 10.2 Å². The van der Waals surface area contributed by atoms with E-state index < -0.39 is 0 Å². The Hall–Kier alpha value is -1.87. The molecule has 2 aromatic carbocycles. The van der Waals surface area contributed by atoms with Crippen molar-refractivity contribution in [2.75, 3.05) is 24.5 Å². The molecule has 0 aliphatic carbocycles. The van der Waals surface area contributed by atoms with Crippen LogP contribution in [0.3, 0.4) is 0 Å². The molecule has 1 heterocycles. The number of hydrogen-bond acceptors (Lipinski definition) is 2. The third-order valence-corrected chi connectivity index (χ3v) is 4.22. The first-order chi connectivity index (χ1) is 10.3. The van der Waals surface area contributed by atoms with Gasteiger partial charge in [0, 0.05) is 37.8 Å². The van der Waals surface area contributed by atoms with Crippen molar-refractivity contribution in [2.45, 2.75) is 19.4 Å². The maximum atomic E-state index is 13.1. The van der Waals surface area contributed by atoms with Crippen LogP contribution >= 0.6 is 0 Å². The van der Waals surface area contributed by atoms with E-state index in [4.69, 9.17) is 0 Å². The van der Waals surface area contributed by atoms with Gasteiger partial charge >= 0.3 is 0 Å². The normalized spacial score (nSPS) is 17.3. The summed E-state index contributed by atoms with van der Waals surface area (Å²) in [7, 11) is 0. The van der Waals surface area contributed by atoms with E-state index in [9.17, 15) is 4.39 Å². The highest BCUT2D eigenvalue weighted by molar-refractivity contribution is 5.47. The van der Waals surface area contributed by atoms with E-state index in [1.165, 1.54) is 23.3 Å². The van der Waals surface area contributed by atoms with Gasteiger partial charge in [0.1, 0.15) is 5.82 Å². The molecule has 0 radical (unpaired) electrons. The summed E-state index contributed by atoms with van der Waals surface area (Å²) < 4.78 is 13.1. The lowest BCUT2D eigenvalue weighted by Crippen LogP contribution is -2.36. The van der Waals surface area contributed by atoms with Crippen LogP contribution in [-0.4, -0.2) is 19.6 Å². The van der Waals surface area contributed by atoms with Crippen LogP contribution in [0.25, 0.3) is 0 Å². The van der Waals surface area contributed by atoms with E-state index in [2.05, 4.69) is 41.4 Å². The number of fused-ring (bicyclic) bond motifs is 1. The maximum Gasteiger partial charge on any atom is 0.123 e. The molecular weight excluding hydrogens is 263 g/mol. The Bertz CT molecular complexity index is 594. The summed E-state index contributed by atoms with van der Waals surface area (Å²) in [5.74, 6) is 0.291. The van der Waals surface area contributed by atoms with Gasteiger partial charge in [0.15, 0.2) is 0 Å². The third kappa shape index (κ3) is 3.08. The van der Waals surface area contributed by atoms with Crippen LogP contribution in [0.1, 0.15) is 24.0 Å². The van der Waals surface area contributed by atoms with Crippen LogP contribution < -0.4 is 10.2 Å². The summed E-state index contributed by atoms with van der Waals surface area (Å²) in [6.07, 6.45) is 0. The zero-order chi connectivity index (χ0) is 14.7. The van der Waals surface area contributed by atoms with Crippen LogP contribution in [0.5, 0.6) is 0 Å². The summed E-state index contributed by atoms with van der Waals surface area (Å²) in [5.41, 5.74) is 3.92. The molecule has 3 heteroatoms. The van der Waals surface area contributed by atoms with Crippen molar-refractivity contribution >= 4 is 5.69 Å². The predicted octanol–water partition coefficient (Wildman–Crippen LogP) is 3.54. The van der Waals surface area contributed by atoms with Crippen molar-refractivity contribution in [3.63, 3.8) is 0 Å². The quantitative estimate of drug-likeness (QED) is 0.924. The summed E-state index contributed by atoms with van der Waals surface area (Å²) in [5, 5.41) is 3.49. The van der Waals surface area contributed by atoms with E-state index in [1.54, 1.807) is 0 Å². The third-order valence-electron chi connectivity index (χ3n) is 4.22. The van der Waals surface area contributed by atoms with Crippen molar-refractivity contribution in [3.05, 3.63) is 65.5 Å². The summed E-state index contributed by atoms with van der Waals surface area (Å²) in [6, 6.07) is 15.4. The largest absolute Gasteiger partial charge is 0.371 e. The molecule has 3 rings (SSSR count). The van der Waals surface area contributed by atoms with Gasteiger partial charge in [0.05, 0.1) is 0 Å². The number of likely N-dealkylation sites (N-methyl/N-ethyl adjacent to an activating group) is 1. The second kappa shape index (κ2) is 6.27. The van der Waals surface area contributed by atoms with Crippen molar-refractivity contribution < 1.29 is 4.39 Å². The van der Waals surface area contributed by atoms with Gasteiger partial charge in [-0.2, -0.15) is 0 Å². The predicted molar refractivity (Wildman–Crippen MR) is 85.2 cm³/mol. The fourth-order valence-corrected chi connectivity index (χ4v) is 3.08. The first kappa shape index (κ1) is 14.1. The molecule has 21 heavy (non-hydrogen) atoms. The van der Waals surface area contributed by atoms with Crippen molar-refractivity contribution in [2.24, 2.45) is 0 Å². The molecule has 0 aromatic heterocycles. The summed E-state index contributed by atoms with van der Waals surface area (Å²) in [6.45, 7) is 5.96. The number of nitrogens with one attached hydrogen (secondary N) is 1. The molecule has 1 unspecified atom stereocenters. The number of hydrogen-bond donors (Lipinski definition) is 1. The zero-order valence-corrected chi connectivity index (χ0v) is 12.3. The van der Waals surface area contributed by atoms with Crippen molar-refractivity contribution in [1.82, 2.24) is 5.32 Å². The molecule has 0 saturated heterocycles. The minimum absolute atomic E-state index is 0.181. The highest BCUT2D eigenvalue weighted by Crippen LogP contribution is 2.26. The standard InChI is InChI=1S/C18H21FN2/c1-2-21(17-9-7-16(19)8-10-17)13-15-12-20-11-14-5-3-4-6-18(14)15/h3-10,15,20H,2,11-13H2,1H3. The SMILES string of the molecule is CCN(CC1CNCc2ccccc21)c1ccc(F)cc1. The lowest BCUT2D eigenvalue weighted by atomic mass is 9.90. The van der Waals surface area contributed by atoms with Gasteiger partial charge in [-0.3, -0.25) is 0 Å². The zero-order valence-electron chi connectivity index (χ0n) is 12.3. The van der Waals surface area contributed by atoms with Gasteiger partial charge in [-0.1, -0.05) is 24.3 Å². The second-order valence-corrected chi connectivity index (χ2v) is 5.54. The maximum absolute atomic E-state index is 13.1. The molecule has 1 N–H and O–H groups in total. The average molecular weight is 284 g/mol. The van der Waals surface area contributed by atoms with Gasteiger partial charge in [0.25, 0.3) is 0 Å². The minimum atomic E-state index is -0.181. The topological polar surface area (TPSA) is 15.3 Å². The molecule has 0 fully saturated rings. The molecule has 1 aliphatic heterocycles.